The van der Waals surface area contributed by atoms with E-state index in [1.165, 1.54) is 257 Å². The predicted molar refractivity (Wildman–Crippen MR) is 316 cm³/mol. The molecule has 0 spiro atoms. The van der Waals surface area contributed by atoms with E-state index in [-0.39, 0.29) is 31.1 Å². The van der Waals surface area contributed by atoms with Crippen molar-refractivity contribution in [3.05, 3.63) is 0 Å². The van der Waals surface area contributed by atoms with Gasteiger partial charge in [0.15, 0.2) is 6.10 Å². The lowest BCUT2D eigenvalue weighted by atomic mass is 9.99. The van der Waals surface area contributed by atoms with E-state index in [4.69, 9.17) is 14.2 Å². The summed E-state index contributed by atoms with van der Waals surface area (Å²) in [5, 5.41) is 0. The molecule has 6 heteroatoms. The standard InChI is InChI=1S/C67H130O6/c1-7-62(5)54-48-42-36-30-26-22-18-14-10-12-15-19-23-27-31-38-44-50-56-65(68)71-59-64(60-72-66(69)57-51-45-39-34-33-37-43-49-55-63(6)8-2)73-67(70)58-52-46-40-32-28-24-20-16-11-9-13-17-21-25-29-35-41-47-53-61(3)4/h61-64H,7-60H2,1-6H3/t62?,63?,64-/m0/s1. The van der Waals surface area contributed by atoms with Gasteiger partial charge in [0.25, 0.3) is 0 Å². The largest absolute Gasteiger partial charge is 0.462 e. The summed E-state index contributed by atoms with van der Waals surface area (Å²) in [6, 6.07) is 0. The van der Waals surface area contributed by atoms with Gasteiger partial charge in [-0.15, -0.1) is 0 Å². The first-order valence-electron chi connectivity index (χ1n) is 33.2. The van der Waals surface area contributed by atoms with Crippen LogP contribution in [-0.2, 0) is 28.6 Å². The third kappa shape index (κ3) is 57.9. The molecule has 0 N–H and O–H groups in total. The first-order valence-corrected chi connectivity index (χ1v) is 33.2. The summed E-state index contributed by atoms with van der Waals surface area (Å²) >= 11 is 0. The van der Waals surface area contributed by atoms with Crippen molar-refractivity contribution >= 4 is 17.9 Å². The fourth-order valence-corrected chi connectivity index (χ4v) is 10.3. The smallest absolute Gasteiger partial charge is 0.306 e. The molecule has 0 bridgehead atoms. The van der Waals surface area contributed by atoms with E-state index >= 15 is 0 Å². The van der Waals surface area contributed by atoms with E-state index in [9.17, 15) is 14.4 Å². The Kier molecular flexibility index (Phi) is 56.8. The predicted octanol–water partition coefficient (Wildman–Crippen LogP) is 22.2. The van der Waals surface area contributed by atoms with Crippen LogP contribution in [-0.4, -0.2) is 37.2 Å². The molecule has 0 aliphatic heterocycles. The lowest BCUT2D eigenvalue weighted by Gasteiger charge is -2.18. The molecule has 0 aromatic heterocycles. The molecule has 0 radical (unpaired) electrons. The zero-order chi connectivity index (χ0) is 53.3. The van der Waals surface area contributed by atoms with Gasteiger partial charge in [-0.2, -0.15) is 0 Å². The van der Waals surface area contributed by atoms with E-state index < -0.39 is 6.10 Å². The number of hydrogen-bond donors (Lipinski definition) is 0. The van der Waals surface area contributed by atoms with Gasteiger partial charge in [-0.05, 0) is 37.0 Å². The second kappa shape index (κ2) is 58.1. The van der Waals surface area contributed by atoms with E-state index in [2.05, 4.69) is 41.5 Å². The lowest BCUT2D eigenvalue weighted by Crippen LogP contribution is -2.30. The minimum absolute atomic E-state index is 0.0628. The topological polar surface area (TPSA) is 78.9 Å². The molecule has 0 aromatic carbocycles. The van der Waals surface area contributed by atoms with E-state index in [1.807, 2.05) is 0 Å². The fraction of sp³-hybridized carbons (Fsp3) is 0.955. The minimum Gasteiger partial charge on any atom is -0.462 e. The molecule has 0 rings (SSSR count). The number of carbonyl (C=O) groups is 3. The van der Waals surface area contributed by atoms with Crippen molar-refractivity contribution in [1.29, 1.82) is 0 Å². The van der Waals surface area contributed by atoms with Gasteiger partial charge in [0.1, 0.15) is 13.2 Å². The molecule has 0 aliphatic carbocycles. The average Bonchev–Trinajstić information content (AvgIpc) is 3.38. The third-order valence-corrected chi connectivity index (χ3v) is 16.1. The Hall–Kier alpha value is -1.59. The second-order valence-electron chi connectivity index (χ2n) is 24.1. The molecule has 0 aliphatic rings. The molecule has 0 amide bonds. The van der Waals surface area contributed by atoms with Crippen LogP contribution in [0.25, 0.3) is 0 Å². The van der Waals surface area contributed by atoms with Gasteiger partial charge < -0.3 is 14.2 Å². The number of hydrogen-bond acceptors (Lipinski definition) is 6. The van der Waals surface area contributed by atoms with Gasteiger partial charge in [0, 0.05) is 19.3 Å². The van der Waals surface area contributed by atoms with Gasteiger partial charge in [-0.3, -0.25) is 14.4 Å². The Balaban J connectivity index is 4.22. The van der Waals surface area contributed by atoms with Gasteiger partial charge in [0.2, 0.25) is 0 Å². The number of esters is 3. The lowest BCUT2D eigenvalue weighted by molar-refractivity contribution is -0.167. The summed E-state index contributed by atoms with van der Waals surface area (Å²) in [5.74, 6) is 1.78. The molecule has 434 valence electrons. The van der Waals surface area contributed by atoms with Crippen LogP contribution in [0, 0.1) is 17.8 Å². The van der Waals surface area contributed by atoms with Gasteiger partial charge in [-0.25, -0.2) is 0 Å². The molecular weight excluding hydrogens is 901 g/mol. The monoisotopic (exact) mass is 1030 g/mol. The van der Waals surface area contributed by atoms with Crippen LogP contribution in [0.2, 0.25) is 0 Å². The molecule has 0 heterocycles. The number of rotatable bonds is 60. The highest BCUT2D eigenvalue weighted by atomic mass is 16.6. The summed E-state index contributed by atoms with van der Waals surface area (Å²) in [5.41, 5.74) is 0. The van der Waals surface area contributed by atoms with Crippen LogP contribution in [0.3, 0.4) is 0 Å². The van der Waals surface area contributed by atoms with Crippen LogP contribution in [0.15, 0.2) is 0 Å². The van der Waals surface area contributed by atoms with E-state index in [0.717, 1.165) is 75.5 Å². The van der Waals surface area contributed by atoms with Crippen molar-refractivity contribution in [2.75, 3.05) is 13.2 Å². The Bertz CT molecular complexity index is 1140. The molecule has 3 atom stereocenters. The SMILES string of the molecule is CCC(C)CCCCCCCCCCCCCCCCCCCCC(=O)OC[C@@H](COC(=O)CCCCCCCCCCC(C)CC)OC(=O)CCCCCCCCCCCCCCCCCCCCC(C)C. The van der Waals surface area contributed by atoms with E-state index in [1.54, 1.807) is 0 Å². The first kappa shape index (κ1) is 71.4. The molecule has 0 fully saturated rings. The summed E-state index contributed by atoms with van der Waals surface area (Å²) in [6.07, 6.45) is 63.9. The quantitative estimate of drug-likeness (QED) is 0.0343. The van der Waals surface area contributed by atoms with E-state index in [0.29, 0.717) is 19.3 Å². The minimum atomic E-state index is -0.765. The van der Waals surface area contributed by atoms with Crippen molar-refractivity contribution in [2.24, 2.45) is 17.8 Å². The molecule has 2 unspecified atom stereocenters. The highest BCUT2D eigenvalue weighted by Gasteiger charge is 2.20. The molecular formula is C67H130O6. The highest BCUT2D eigenvalue weighted by molar-refractivity contribution is 5.71. The normalized spacial score (nSPS) is 12.9. The second-order valence-corrected chi connectivity index (χ2v) is 24.1. The molecule has 0 aromatic rings. The van der Waals surface area contributed by atoms with Crippen LogP contribution in [0.1, 0.15) is 375 Å². The maximum absolute atomic E-state index is 12.9. The maximum Gasteiger partial charge on any atom is 0.306 e. The fourth-order valence-electron chi connectivity index (χ4n) is 10.3. The van der Waals surface area contributed by atoms with Crippen LogP contribution in [0.5, 0.6) is 0 Å². The molecule has 0 saturated carbocycles. The summed E-state index contributed by atoms with van der Waals surface area (Å²) < 4.78 is 17.0. The zero-order valence-corrected chi connectivity index (χ0v) is 50.4. The summed E-state index contributed by atoms with van der Waals surface area (Å²) in [7, 11) is 0. The van der Waals surface area contributed by atoms with Crippen molar-refractivity contribution in [3.63, 3.8) is 0 Å². The molecule has 73 heavy (non-hydrogen) atoms. The van der Waals surface area contributed by atoms with Gasteiger partial charge in [0.05, 0.1) is 0 Å². The van der Waals surface area contributed by atoms with Gasteiger partial charge >= 0.3 is 17.9 Å². The number of ether oxygens (including phenoxy) is 3. The maximum atomic E-state index is 12.9. The Morgan fingerprint density at radius 1 is 0.274 bits per heavy atom. The summed E-state index contributed by atoms with van der Waals surface area (Å²) in [6.45, 7) is 13.9. The van der Waals surface area contributed by atoms with Crippen LogP contribution >= 0.6 is 0 Å². The Morgan fingerprint density at radius 2 is 0.479 bits per heavy atom. The van der Waals surface area contributed by atoms with Gasteiger partial charge in [-0.1, -0.05) is 337 Å². The Labute approximate surface area is 457 Å². The third-order valence-electron chi connectivity index (χ3n) is 16.1. The van der Waals surface area contributed by atoms with Crippen molar-refractivity contribution in [2.45, 2.75) is 382 Å². The van der Waals surface area contributed by atoms with Crippen molar-refractivity contribution in [1.82, 2.24) is 0 Å². The van der Waals surface area contributed by atoms with Crippen molar-refractivity contribution in [3.8, 4) is 0 Å². The average molecular weight is 1030 g/mol. The molecule has 0 saturated heterocycles. The number of unbranched alkanes of at least 4 members (excludes halogenated alkanes) is 41. The number of carbonyl (C=O) groups excluding carboxylic acids is 3. The summed E-state index contributed by atoms with van der Waals surface area (Å²) in [4.78, 5) is 38.3. The van der Waals surface area contributed by atoms with Crippen LogP contribution in [0.4, 0.5) is 0 Å². The van der Waals surface area contributed by atoms with Crippen LogP contribution < -0.4 is 0 Å². The highest BCUT2D eigenvalue weighted by Crippen LogP contribution is 2.20. The van der Waals surface area contributed by atoms with Crippen molar-refractivity contribution < 1.29 is 28.6 Å². The Morgan fingerprint density at radius 3 is 0.712 bits per heavy atom. The first-order chi connectivity index (χ1) is 35.7. The molecule has 6 nitrogen and oxygen atoms in total. The zero-order valence-electron chi connectivity index (χ0n) is 50.4.